The molecule has 0 N–H and O–H groups in total. The van der Waals surface area contributed by atoms with Crippen LogP contribution < -0.4 is 94.7 Å². The first-order valence-electron chi connectivity index (χ1n) is 31.1. The third-order valence-corrected chi connectivity index (χ3v) is 16.0. The molecule has 20 nitrogen and oxygen atoms in total. The first-order chi connectivity index (χ1) is 49.6. The van der Waals surface area contributed by atoms with E-state index >= 15 is 0 Å². The number of benzene rings is 8. The van der Waals surface area contributed by atoms with Crippen LogP contribution in [-0.2, 0) is 12.8 Å². The average Bonchev–Trinajstić information content (AvgIpc) is 0.789. The van der Waals surface area contributed by atoms with Crippen LogP contribution in [0.4, 0.5) is 0 Å². The maximum atomic E-state index is 6.43. The Morgan fingerprint density at radius 2 is 0.431 bits per heavy atom. The number of hydrogen-bond acceptors (Lipinski definition) is 20. The van der Waals surface area contributed by atoms with E-state index in [-0.39, 0.29) is 12.8 Å². The van der Waals surface area contributed by atoms with Gasteiger partial charge in [0.2, 0.25) is 23.0 Å². The van der Waals surface area contributed by atoms with Crippen LogP contribution in [0.5, 0.6) is 115 Å². The minimum absolute atomic E-state index is 0.0895. The van der Waals surface area contributed by atoms with E-state index in [0.717, 1.165) is 0 Å². The highest BCUT2D eigenvalue weighted by Crippen LogP contribution is 2.45. The Hall–Kier alpha value is -12.7. The highest BCUT2D eigenvalue weighted by atomic mass is 16.6. The lowest BCUT2D eigenvalue weighted by molar-refractivity contribution is 0.324. The van der Waals surface area contributed by atoms with Crippen molar-refractivity contribution in [2.24, 2.45) is 0 Å². The van der Waals surface area contributed by atoms with Crippen molar-refractivity contribution >= 4 is 5.57 Å². The van der Waals surface area contributed by atoms with Crippen LogP contribution in [-0.4, -0.2) is 142 Å². The van der Waals surface area contributed by atoms with E-state index in [4.69, 9.17) is 94.7 Å². The van der Waals surface area contributed by atoms with Gasteiger partial charge in [-0.15, -0.1) is 0 Å². The number of ether oxygens (including phenoxy) is 20. The van der Waals surface area contributed by atoms with Gasteiger partial charge in [-0.1, -0.05) is 59.2 Å². The minimum Gasteiger partial charge on any atom is -0.496 e. The molecule has 0 fully saturated rings. The SMILES string of the molecule is COc1cc(C#Cc2cc(OC)c(OC)c(OC)c2)c(OC)cc1C#C/C(Cc1cc(OC)c(C#Cc2cc(OC)c(OC)c(OC)c2)cc1OC)=C(\Cc1cc(OC)c(C#Cc2cc(OC)c(OC)c(OC)c2)cc1OC)c1cc(OC)c(C#Cc2cc(OC)c(OC)c(OC)c2)cc1OC. The van der Waals surface area contributed by atoms with Gasteiger partial charge in [-0.05, 0) is 84.4 Å². The molecule has 0 atom stereocenters. The lowest BCUT2D eigenvalue weighted by Crippen LogP contribution is -2.06. The summed E-state index contributed by atoms with van der Waals surface area (Å²) in [5, 5.41) is 0. The molecular weight excluding hydrogens is 1300 g/mol. The monoisotopic (exact) mass is 1380 g/mol. The zero-order valence-electron chi connectivity index (χ0n) is 60.8. The second-order valence-corrected chi connectivity index (χ2v) is 21.5. The summed E-state index contributed by atoms with van der Waals surface area (Å²) < 4.78 is 117. The summed E-state index contributed by atoms with van der Waals surface area (Å²) in [6.07, 6.45) is 0.194. The molecule has 8 rings (SSSR count). The van der Waals surface area contributed by atoms with E-state index in [1.807, 2.05) is 30.3 Å². The van der Waals surface area contributed by atoms with Gasteiger partial charge in [0, 0.05) is 75.6 Å². The molecule has 0 saturated heterocycles. The predicted molar refractivity (Wildman–Crippen MR) is 388 cm³/mol. The molecule has 8 aromatic carbocycles. The summed E-state index contributed by atoms with van der Waals surface area (Å²) in [5.41, 5.74) is 7.80. The quantitative estimate of drug-likeness (QED) is 0.0492. The Morgan fingerprint density at radius 1 is 0.206 bits per heavy atom. The zero-order chi connectivity index (χ0) is 73.6. The molecule has 0 unspecified atom stereocenters. The van der Waals surface area contributed by atoms with Crippen LogP contribution in [0.25, 0.3) is 5.57 Å². The van der Waals surface area contributed by atoms with Crippen molar-refractivity contribution in [3.8, 4) is 174 Å². The Balaban J connectivity index is 1.44. The summed E-state index contributed by atoms with van der Waals surface area (Å²) in [6.45, 7) is 0. The van der Waals surface area contributed by atoms with Gasteiger partial charge in [-0.2, -0.15) is 0 Å². The molecule has 0 aromatic heterocycles. The standard InChI is InChI=1S/C82H80O20/c1-83-63-42-58(64(84-2)41-54(63)25-21-49-31-71(91-9)79(99-17)72(32-49)92-10)30-29-53(39-59-46-65(85-3)55(43-67(59)87-5)26-22-50-33-73(93-11)80(100-18)74(34-50)94-12)61(62-48-69(89-7)57(45-70(62)90-8)28-24-52-37-77(97-15)82(102-20)78(38-52)98-16)40-60-47-66(86-4)56(44-68(60)88-6)27-23-51-35-75(95-13)81(101-19)76(36-51)96-14/h31-38,41-48H,39-40H2,1-20H3/b61-53-. The van der Waals surface area contributed by atoms with E-state index in [2.05, 4.69) is 59.2 Å². The molecule has 8 aromatic rings. The lowest BCUT2D eigenvalue weighted by atomic mass is 9.88. The number of rotatable bonds is 25. The summed E-state index contributed by atoms with van der Waals surface area (Å²) >= 11 is 0. The van der Waals surface area contributed by atoms with Crippen molar-refractivity contribution in [1.82, 2.24) is 0 Å². The molecular formula is C82H80O20. The molecule has 0 bridgehead atoms. The van der Waals surface area contributed by atoms with Gasteiger partial charge >= 0.3 is 0 Å². The Kier molecular flexibility index (Phi) is 26.3. The highest BCUT2D eigenvalue weighted by molar-refractivity contribution is 5.82. The molecule has 102 heavy (non-hydrogen) atoms. The number of allylic oxidation sites excluding steroid dienone is 2. The van der Waals surface area contributed by atoms with Crippen molar-refractivity contribution < 1.29 is 94.7 Å². The normalized spacial score (nSPS) is 10.4. The fourth-order valence-corrected chi connectivity index (χ4v) is 11.0. The molecule has 0 aliphatic rings. The predicted octanol–water partition coefficient (Wildman–Crippen LogP) is 12.7. The zero-order valence-corrected chi connectivity index (χ0v) is 60.8. The Bertz CT molecular complexity index is 4670. The van der Waals surface area contributed by atoms with Crippen molar-refractivity contribution in [2.45, 2.75) is 12.8 Å². The second kappa shape index (κ2) is 35.7. The molecule has 0 heterocycles. The van der Waals surface area contributed by atoms with Gasteiger partial charge in [0.15, 0.2) is 46.0 Å². The molecule has 20 heteroatoms. The first-order valence-corrected chi connectivity index (χ1v) is 31.1. The first kappa shape index (κ1) is 75.1. The van der Waals surface area contributed by atoms with Crippen molar-refractivity contribution in [3.05, 3.63) is 169 Å². The van der Waals surface area contributed by atoms with Crippen molar-refractivity contribution in [1.29, 1.82) is 0 Å². The van der Waals surface area contributed by atoms with E-state index in [1.165, 1.54) is 56.9 Å². The fourth-order valence-electron chi connectivity index (χ4n) is 11.0. The lowest BCUT2D eigenvalue weighted by Gasteiger charge is -2.21. The van der Waals surface area contributed by atoms with Crippen LogP contribution in [0.2, 0.25) is 0 Å². The third kappa shape index (κ3) is 16.9. The van der Waals surface area contributed by atoms with Crippen LogP contribution in [0.3, 0.4) is 0 Å². The van der Waals surface area contributed by atoms with Gasteiger partial charge in [-0.3, -0.25) is 0 Å². The smallest absolute Gasteiger partial charge is 0.203 e. The average molecular weight is 1390 g/mol. The van der Waals surface area contributed by atoms with E-state index in [0.29, 0.717) is 193 Å². The maximum absolute atomic E-state index is 6.43. The van der Waals surface area contributed by atoms with Crippen LogP contribution >= 0.6 is 0 Å². The number of methoxy groups -OCH3 is 20. The molecule has 0 aliphatic heterocycles. The third-order valence-electron chi connectivity index (χ3n) is 16.0. The molecule has 0 spiro atoms. The molecule has 0 aliphatic carbocycles. The number of hydrogen-bond donors (Lipinski definition) is 0. The van der Waals surface area contributed by atoms with Gasteiger partial charge < -0.3 is 94.7 Å². The summed E-state index contributed by atoms with van der Waals surface area (Å²) in [6, 6.07) is 28.6. The maximum Gasteiger partial charge on any atom is 0.203 e. The molecule has 0 saturated carbocycles. The van der Waals surface area contributed by atoms with Gasteiger partial charge in [0.25, 0.3) is 0 Å². The van der Waals surface area contributed by atoms with Gasteiger partial charge in [-0.25, -0.2) is 0 Å². The van der Waals surface area contributed by atoms with Crippen LogP contribution in [0.1, 0.15) is 66.8 Å². The highest BCUT2D eigenvalue weighted by Gasteiger charge is 2.25. The summed E-state index contributed by atoms with van der Waals surface area (Å²) in [4.78, 5) is 0. The topological polar surface area (TPSA) is 185 Å². The summed E-state index contributed by atoms with van der Waals surface area (Å²) in [5.74, 6) is 41.7. The summed E-state index contributed by atoms with van der Waals surface area (Å²) in [7, 11) is 31.0. The van der Waals surface area contributed by atoms with E-state index in [9.17, 15) is 0 Å². The van der Waals surface area contributed by atoms with Gasteiger partial charge in [0.1, 0.15) is 46.0 Å². The van der Waals surface area contributed by atoms with E-state index in [1.54, 1.807) is 152 Å². The molecule has 0 radical (unpaired) electrons. The van der Waals surface area contributed by atoms with Crippen LogP contribution in [0.15, 0.2) is 103 Å². The van der Waals surface area contributed by atoms with Crippen LogP contribution in [0, 0.1) is 59.2 Å². The fraction of sp³-hybridized carbons (Fsp3) is 0.268. The van der Waals surface area contributed by atoms with Crippen molar-refractivity contribution in [2.75, 3.05) is 142 Å². The minimum atomic E-state index is 0.0895. The Morgan fingerprint density at radius 3 is 0.696 bits per heavy atom. The Labute approximate surface area is 596 Å². The second-order valence-electron chi connectivity index (χ2n) is 21.5. The van der Waals surface area contributed by atoms with Crippen molar-refractivity contribution in [3.63, 3.8) is 0 Å². The largest absolute Gasteiger partial charge is 0.496 e. The van der Waals surface area contributed by atoms with E-state index < -0.39 is 0 Å². The molecule has 528 valence electrons. The van der Waals surface area contributed by atoms with Gasteiger partial charge in [0.05, 0.1) is 170 Å². The molecule has 0 amide bonds.